The molecule has 1 aromatic carbocycles. The lowest BCUT2D eigenvalue weighted by atomic mass is 10.1. The van der Waals surface area contributed by atoms with Gasteiger partial charge in [0, 0.05) is 34.6 Å². The Morgan fingerprint density at radius 2 is 2.12 bits per heavy atom. The van der Waals surface area contributed by atoms with Crippen molar-refractivity contribution in [2.75, 3.05) is 5.73 Å². The quantitative estimate of drug-likeness (QED) is 0.846. The number of nitrogens with two attached hydrogens (primary N) is 1. The molecule has 4 heteroatoms. The van der Waals surface area contributed by atoms with Gasteiger partial charge in [0.1, 0.15) is 0 Å². The van der Waals surface area contributed by atoms with E-state index in [2.05, 4.69) is 12.0 Å². The predicted octanol–water partition coefficient (Wildman–Crippen LogP) is 3.50. The maximum Gasteiger partial charge on any atom is 0.0672 e. The molecule has 0 aliphatic rings. The van der Waals surface area contributed by atoms with E-state index in [1.165, 1.54) is 0 Å². The normalized spacial score (nSPS) is 10.8. The zero-order valence-electron chi connectivity index (χ0n) is 10.1. The lowest BCUT2D eigenvalue weighted by Crippen LogP contribution is -1.96. The minimum Gasteiger partial charge on any atom is -0.398 e. The lowest BCUT2D eigenvalue weighted by molar-refractivity contribution is 0.598. The van der Waals surface area contributed by atoms with E-state index in [1.54, 1.807) is 6.07 Å². The molecule has 90 valence electrons. The van der Waals surface area contributed by atoms with Gasteiger partial charge in [-0.05, 0) is 25.5 Å². The summed E-state index contributed by atoms with van der Waals surface area (Å²) in [4.78, 5) is 0. The fraction of sp³-hybridized carbons (Fsp3) is 0.308. The van der Waals surface area contributed by atoms with Gasteiger partial charge >= 0.3 is 0 Å². The zero-order valence-corrected chi connectivity index (χ0v) is 10.8. The molecule has 0 spiro atoms. The van der Waals surface area contributed by atoms with Crippen LogP contribution >= 0.6 is 11.6 Å². The van der Waals surface area contributed by atoms with E-state index >= 15 is 0 Å². The predicted molar refractivity (Wildman–Crippen MR) is 72.1 cm³/mol. The molecule has 0 atom stereocenters. The van der Waals surface area contributed by atoms with E-state index < -0.39 is 0 Å². The molecular weight excluding hydrogens is 234 g/mol. The van der Waals surface area contributed by atoms with Gasteiger partial charge in [0.15, 0.2) is 0 Å². The molecule has 1 aromatic heterocycles. The van der Waals surface area contributed by atoms with E-state index in [4.69, 9.17) is 17.3 Å². The summed E-state index contributed by atoms with van der Waals surface area (Å²) >= 11 is 5.90. The number of aryl methyl sites for hydroxylation is 2. The Kier molecular flexibility index (Phi) is 3.38. The Labute approximate surface area is 106 Å². The van der Waals surface area contributed by atoms with Crippen molar-refractivity contribution in [3.63, 3.8) is 0 Å². The minimum atomic E-state index is 0.657. The second kappa shape index (κ2) is 4.80. The van der Waals surface area contributed by atoms with Crippen LogP contribution in [0.4, 0.5) is 5.69 Å². The molecule has 0 amide bonds. The first-order valence-corrected chi connectivity index (χ1v) is 6.09. The molecule has 17 heavy (non-hydrogen) atoms. The number of hydrogen-bond donors (Lipinski definition) is 1. The maximum atomic E-state index is 5.98. The van der Waals surface area contributed by atoms with Crippen molar-refractivity contribution in [2.24, 2.45) is 0 Å². The molecule has 0 saturated carbocycles. The Bertz CT molecular complexity index is 531. The second-order valence-electron chi connectivity index (χ2n) is 4.12. The van der Waals surface area contributed by atoms with Crippen molar-refractivity contribution in [2.45, 2.75) is 26.8 Å². The van der Waals surface area contributed by atoms with Gasteiger partial charge in [0.25, 0.3) is 0 Å². The van der Waals surface area contributed by atoms with Gasteiger partial charge in [-0.2, -0.15) is 5.10 Å². The van der Waals surface area contributed by atoms with Crippen LogP contribution in [0.3, 0.4) is 0 Å². The molecule has 2 rings (SSSR count). The van der Waals surface area contributed by atoms with E-state index in [9.17, 15) is 0 Å². The summed E-state index contributed by atoms with van der Waals surface area (Å²) in [5.41, 5.74) is 9.74. The van der Waals surface area contributed by atoms with Gasteiger partial charge in [-0.25, -0.2) is 0 Å². The van der Waals surface area contributed by atoms with Crippen LogP contribution in [0.15, 0.2) is 24.4 Å². The van der Waals surface area contributed by atoms with Crippen molar-refractivity contribution in [1.29, 1.82) is 0 Å². The van der Waals surface area contributed by atoms with E-state index in [0.717, 1.165) is 29.8 Å². The highest BCUT2D eigenvalue weighted by atomic mass is 35.5. The first-order chi connectivity index (χ1) is 8.11. The molecule has 0 radical (unpaired) electrons. The fourth-order valence-corrected chi connectivity index (χ4v) is 2.09. The second-order valence-corrected chi connectivity index (χ2v) is 4.56. The minimum absolute atomic E-state index is 0.657. The summed E-state index contributed by atoms with van der Waals surface area (Å²) in [5, 5.41) is 5.13. The average Bonchev–Trinajstić information content (AvgIpc) is 2.60. The van der Waals surface area contributed by atoms with Crippen LogP contribution in [-0.2, 0) is 6.54 Å². The maximum absolute atomic E-state index is 5.98. The van der Waals surface area contributed by atoms with E-state index in [-0.39, 0.29) is 0 Å². The third-order valence-corrected chi connectivity index (χ3v) is 2.94. The Balaban J connectivity index is 2.45. The van der Waals surface area contributed by atoms with Gasteiger partial charge in [0.05, 0.1) is 5.69 Å². The lowest BCUT2D eigenvalue weighted by Gasteiger charge is -2.04. The largest absolute Gasteiger partial charge is 0.398 e. The van der Waals surface area contributed by atoms with Crippen LogP contribution in [0.1, 0.15) is 19.0 Å². The summed E-state index contributed by atoms with van der Waals surface area (Å²) in [7, 11) is 0. The molecular formula is C13H16ClN3. The number of halogens is 1. The zero-order chi connectivity index (χ0) is 12.4. The molecule has 0 bridgehead atoms. The van der Waals surface area contributed by atoms with E-state index in [1.807, 2.05) is 29.9 Å². The number of aromatic nitrogens is 2. The van der Waals surface area contributed by atoms with Crippen molar-refractivity contribution in [3.8, 4) is 11.1 Å². The first-order valence-electron chi connectivity index (χ1n) is 5.71. The highest BCUT2D eigenvalue weighted by Gasteiger charge is 2.10. The van der Waals surface area contributed by atoms with Crippen LogP contribution < -0.4 is 5.73 Å². The smallest absolute Gasteiger partial charge is 0.0672 e. The molecule has 0 fully saturated rings. The SMILES string of the molecule is CCCn1cc(-c2ccc(Cl)cc2N)c(C)n1. The Morgan fingerprint density at radius 3 is 2.76 bits per heavy atom. The summed E-state index contributed by atoms with van der Waals surface area (Å²) < 4.78 is 1.96. The van der Waals surface area contributed by atoms with Gasteiger partial charge in [-0.15, -0.1) is 0 Å². The number of benzene rings is 1. The summed E-state index contributed by atoms with van der Waals surface area (Å²) in [5.74, 6) is 0. The number of anilines is 1. The van der Waals surface area contributed by atoms with Crippen molar-refractivity contribution in [3.05, 3.63) is 35.1 Å². The Morgan fingerprint density at radius 1 is 1.35 bits per heavy atom. The van der Waals surface area contributed by atoms with Crippen LogP contribution in [0.2, 0.25) is 5.02 Å². The van der Waals surface area contributed by atoms with Crippen molar-refractivity contribution in [1.82, 2.24) is 9.78 Å². The van der Waals surface area contributed by atoms with Crippen molar-refractivity contribution >= 4 is 17.3 Å². The first kappa shape index (κ1) is 12.0. The van der Waals surface area contributed by atoms with Gasteiger partial charge in [-0.1, -0.05) is 24.6 Å². The van der Waals surface area contributed by atoms with Crippen LogP contribution in [0.5, 0.6) is 0 Å². The molecule has 0 saturated heterocycles. The van der Waals surface area contributed by atoms with Gasteiger partial charge in [0.2, 0.25) is 0 Å². The number of nitrogen functional groups attached to an aromatic ring is 1. The molecule has 0 aliphatic carbocycles. The molecule has 0 aliphatic heterocycles. The molecule has 1 heterocycles. The summed E-state index contributed by atoms with van der Waals surface area (Å²) in [6, 6.07) is 5.56. The molecule has 3 nitrogen and oxygen atoms in total. The highest BCUT2D eigenvalue weighted by molar-refractivity contribution is 6.31. The van der Waals surface area contributed by atoms with Gasteiger partial charge < -0.3 is 5.73 Å². The fourth-order valence-electron chi connectivity index (χ4n) is 1.90. The number of hydrogen-bond acceptors (Lipinski definition) is 2. The number of nitrogens with zero attached hydrogens (tertiary/aromatic N) is 2. The van der Waals surface area contributed by atoms with Gasteiger partial charge in [-0.3, -0.25) is 4.68 Å². The monoisotopic (exact) mass is 249 g/mol. The molecule has 2 aromatic rings. The highest BCUT2D eigenvalue weighted by Crippen LogP contribution is 2.30. The third-order valence-electron chi connectivity index (χ3n) is 2.70. The third kappa shape index (κ3) is 2.44. The summed E-state index contributed by atoms with van der Waals surface area (Å²) in [6.07, 6.45) is 3.11. The standard InChI is InChI=1S/C13H16ClN3/c1-3-6-17-8-12(9(2)16-17)11-5-4-10(14)7-13(11)15/h4-5,7-8H,3,6,15H2,1-2H3. The number of rotatable bonds is 3. The van der Waals surface area contributed by atoms with Crippen molar-refractivity contribution < 1.29 is 0 Å². The molecule has 2 N–H and O–H groups in total. The van der Waals surface area contributed by atoms with Crippen LogP contribution in [0.25, 0.3) is 11.1 Å². The van der Waals surface area contributed by atoms with Crippen LogP contribution in [-0.4, -0.2) is 9.78 Å². The summed E-state index contributed by atoms with van der Waals surface area (Å²) in [6.45, 7) is 5.05. The topological polar surface area (TPSA) is 43.8 Å². The van der Waals surface area contributed by atoms with Crippen LogP contribution in [0, 0.1) is 6.92 Å². The average molecular weight is 250 g/mol. The van der Waals surface area contributed by atoms with E-state index in [0.29, 0.717) is 10.7 Å². The Hall–Kier alpha value is -1.48. The molecule has 0 unspecified atom stereocenters.